The first-order valence-corrected chi connectivity index (χ1v) is 9.75. The maximum atomic E-state index is 12.1. The molecule has 3 amide bonds. The fourth-order valence-corrected chi connectivity index (χ4v) is 2.54. The van der Waals surface area contributed by atoms with Crippen molar-refractivity contribution < 1.29 is 22.7 Å². The summed E-state index contributed by atoms with van der Waals surface area (Å²) in [6.07, 6.45) is 1.02. The molecule has 0 heterocycles. The summed E-state index contributed by atoms with van der Waals surface area (Å²) in [6.45, 7) is 6.97. The molecule has 0 aliphatic carbocycles. The molecule has 0 aromatic heterocycles. The highest BCUT2D eigenvalue weighted by atomic mass is 32.2. The van der Waals surface area contributed by atoms with Crippen LogP contribution in [0.1, 0.15) is 27.7 Å². The third-order valence-electron chi connectivity index (χ3n) is 3.00. The van der Waals surface area contributed by atoms with Crippen LogP contribution in [0, 0.1) is 0 Å². The van der Waals surface area contributed by atoms with Crippen molar-refractivity contribution in [2.45, 2.75) is 39.3 Å². The van der Waals surface area contributed by atoms with Gasteiger partial charge in [-0.25, -0.2) is 13.2 Å². The van der Waals surface area contributed by atoms with Crippen LogP contribution in [0.2, 0.25) is 0 Å². The van der Waals surface area contributed by atoms with E-state index in [2.05, 4.69) is 20.7 Å². The number of benzene rings is 1. The monoisotopic (exact) mass is 386 g/mol. The van der Waals surface area contributed by atoms with Gasteiger partial charge in [-0.3, -0.25) is 14.8 Å². The van der Waals surface area contributed by atoms with Gasteiger partial charge in [0.2, 0.25) is 15.9 Å². The van der Waals surface area contributed by atoms with Gasteiger partial charge in [0.25, 0.3) is 0 Å². The number of imide groups is 1. The molecule has 1 atom stereocenters. The quantitative estimate of drug-likeness (QED) is 0.587. The second-order valence-corrected chi connectivity index (χ2v) is 8.60. The van der Waals surface area contributed by atoms with Crippen molar-refractivity contribution >= 4 is 33.3 Å². The fourth-order valence-electron chi connectivity index (χ4n) is 1.98. The Labute approximate surface area is 153 Å². The minimum absolute atomic E-state index is 0.234. The van der Waals surface area contributed by atoms with Crippen molar-refractivity contribution in [3.05, 3.63) is 18.2 Å². The lowest BCUT2D eigenvalue weighted by atomic mass is 10.1. The van der Waals surface area contributed by atoms with Crippen molar-refractivity contribution in [3.63, 3.8) is 0 Å². The van der Waals surface area contributed by atoms with Crippen LogP contribution in [0.3, 0.4) is 0 Å². The summed E-state index contributed by atoms with van der Waals surface area (Å²) in [7, 11) is -2.08. The van der Waals surface area contributed by atoms with Crippen molar-refractivity contribution in [2.24, 2.45) is 0 Å². The first-order valence-electron chi connectivity index (χ1n) is 7.86. The van der Waals surface area contributed by atoms with Crippen LogP contribution in [-0.2, 0) is 14.8 Å². The summed E-state index contributed by atoms with van der Waals surface area (Å²) in [5.41, 5.74) is 0.248. The van der Waals surface area contributed by atoms with E-state index < -0.39 is 33.5 Å². The number of hydrogen-bond donors (Lipinski definition) is 4. The van der Waals surface area contributed by atoms with Crippen LogP contribution in [0.4, 0.5) is 16.2 Å². The molecule has 1 aromatic carbocycles. The highest BCUT2D eigenvalue weighted by Gasteiger charge is 2.19. The molecule has 0 aliphatic rings. The van der Waals surface area contributed by atoms with Gasteiger partial charge in [-0.15, -0.1) is 0 Å². The van der Waals surface area contributed by atoms with E-state index in [1.807, 2.05) is 0 Å². The minimum atomic E-state index is -3.49. The van der Waals surface area contributed by atoms with Crippen LogP contribution in [-0.4, -0.2) is 45.3 Å². The average Bonchev–Trinajstić information content (AvgIpc) is 2.43. The van der Waals surface area contributed by atoms with E-state index in [9.17, 15) is 18.0 Å². The maximum absolute atomic E-state index is 12.1. The van der Waals surface area contributed by atoms with Gasteiger partial charge in [0.1, 0.15) is 11.8 Å². The minimum Gasteiger partial charge on any atom is -0.495 e. The number of anilines is 2. The zero-order chi connectivity index (χ0) is 20.1. The standard InChI is InChI=1S/C16H26N4O5S/c1-10(14(21)18-15(22)19-16(2,3)4)17-11-7-8-13(25-5)12(9-11)20-26(6,23)24/h7-10,17,20H,1-6H3,(H2,18,19,21,22)/t10-/m0/s1. The number of methoxy groups -OCH3 is 1. The van der Waals surface area contributed by atoms with Crippen LogP contribution in [0.25, 0.3) is 0 Å². The predicted molar refractivity (Wildman–Crippen MR) is 101 cm³/mol. The molecule has 0 aliphatic heterocycles. The smallest absolute Gasteiger partial charge is 0.321 e. The summed E-state index contributed by atoms with van der Waals surface area (Å²) >= 11 is 0. The van der Waals surface area contributed by atoms with E-state index in [1.165, 1.54) is 13.2 Å². The van der Waals surface area contributed by atoms with Crippen LogP contribution in [0.15, 0.2) is 18.2 Å². The highest BCUT2D eigenvalue weighted by molar-refractivity contribution is 7.92. The lowest BCUT2D eigenvalue weighted by molar-refractivity contribution is -0.120. The Morgan fingerprint density at radius 1 is 1.19 bits per heavy atom. The molecule has 0 unspecified atom stereocenters. The Bertz CT molecular complexity index is 771. The van der Waals surface area contributed by atoms with E-state index in [0.717, 1.165) is 6.26 Å². The van der Waals surface area contributed by atoms with Crippen molar-refractivity contribution in [1.82, 2.24) is 10.6 Å². The van der Waals surface area contributed by atoms with Crippen LogP contribution >= 0.6 is 0 Å². The molecule has 4 N–H and O–H groups in total. The molecular formula is C16H26N4O5S. The lowest BCUT2D eigenvalue weighted by Crippen LogP contribution is -2.51. The number of carbonyl (C=O) groups excluding carboxylic acids is 2. The number of ether oxygens (including phenoxy) is 1. The van der Waals surface area contributed by atoms with Crippen molar-refractivity contribution in [2.75, 3.05) is 23.4 Å². The van der Waals surface area contributed by atoms with Gasteiger partial charge in [-0.1, -0.05) is 0 Å². The third-order valence-corrected chi connectivity index (χ3v) is 3.59. The van der Waals surface area contributed by atoms with Gasteiger partial charge in [0.05, 0.1) is 19.1 Å². The summed E-state index contributed by atoms with van der Waals surface area (Å²) in [5, 5.41) is 7.78. The van der Waals surface area contributed by atoms with Gasteiger partial charge in [0, 0.05) is 11.2 Å². The Kier molecular flexibility index (Phi) is 6.85. The lowest BCUT2D eigenvalue weighted by Gasteiger charge is -2.22. The van der Waals surface area contributed by atoms with Gasteiger partial charge < -0.3 is 15.4 Å². The molecule has 0 spiro atoms. The average molecular weight is 386 g/mol. The number of rotatable bonds is 6. The molecule has 146 valence electrons. The van der Waals surface area contributed by atoms with Gasteiger partial charge >= 0.3 is 6.03 Å². The molecule has 0 fully saturated rings. The summed E-state index contributed by atoms with van der Waals surface area (Å²) in [6, 6.07) is 3.36. The number of hydrogen-bond acceptors (Lipinski definition) is 6. The Balaban J connectivity index is 2.82. The largest absolute Gasteiger partial charge is 0.495 e. The summed E-state index contributed by atoms with van der Waals surface area (Å²) in [4.78, 5) is 23.9. The first kappa shape index (κ1) is 21.6. The van der Waals surface area contributed by atoms with Crippen molar-refractivity contribution in [3.8, 4) is 5.75 Å². The molecule has 9 nitrogen and oxygen atoms in total. The van der Waals surface area contributed by atoms with E-state index in [-0.39, 0.29) is 5.69 Å². The third kappa shape index (κ3) is 7.60. The Morgan fingerprint density at radius 2 is 1.81 bits per heavy atom. The molecule has 0 saturated heterocycles. The number of carbonyl (C=O) groups is 2. The van der Waals surface area contributed by atoms with Crippen LogP contribution < -0.4 is 25.4 Å². The topological polar surface area (TPSA) is 126 Å². The molecule has 1 rings (SSSR count). The Morgan fingerprint density at radius 3 is 2.31 bits per heavy atom. The number of amides is 3. The second kappa shape index (κ2) is 8.26. The highest BCUT2D eigenvalue weighted by Crippen LogP contribution is 2.28. The SMILES string of the molecule is COc1ccc(N[C@@H](C)C(=O)NC(=O)NC(C)(C)C)cc1NS(C)(=O)=O. The number of nitrogens with one attached hydrogen (secondary N) is 4. The summed E-state index contributed by atoms with van der Waals surface area (Å²) in [5.74, 6) is -0.192. The van der Waals surface area contributed by atoms with Crippen LogP contribution in [0.5, 0.6) is 5.75 Å². The second-order valence-electron chi connectivity index (χ2n) is 6.85. The van der Waals surface area contributed by atoms with Gasteiger partial charge in [-0.2, -0.15) is 0 Å². The molecule has 0 radical (unpaired) electrons. The first-order chi connectivity index (χ1) is 11.8. The predicted octanol–water partition coefficient (Wildman–Crippen LogP) is 1.49. The molecule has 1 aromatic rings. The number of sulfonamides is 1. The zero-order valence-electron chi connectivity index (χ0n) is 15.8. The number of urea groups is 1. The molecule has 10 heteroatoms. The molecule has 0 bridgehead atoms. The fraction of sp³-hybridized carbons (Fsp3) is 0.500. The van der Waals surface area contributed by atoms with Gasteiger partial charge in [0.15, 0.2) is 0 Å². The van der Waals surface area contributed by atoms with E-state index >= 15 is 0 Å². The molecular weight excluding hydrogens is 360 g/mol. The van der Waals surface area contributed by atoms with E-state index in [0.29, 0.717) is 11.4 Å². The van der Waals surface area contributed by atoms with E-state index in [1.54, 1.807) is 39.8 Å². The van der Waals surface area contributed by atoms with Crippen molar-refractivity contribution in [1.29, 1.82) is 0 Å². The summed E-state index contributed by atoms with van der Waals surface area (Å²) < 4.78 is 30.4. The maximum Gasteiger partial charge on any atom is 0.321 e. The molecule has 0 saturated carbocycles. The van der Waals surface area contributed by atoms with E-state index in [4.69, 9.17) is 4.74 Å². The van der Waals surface area contributed by atoms with Gasteiger partial charge in [-0.05, 0) is 45.9 Å². The zero-order valence-corrected chi connectivity index (χ0v) is 16.6. The normalized spacial score (nSPS) is 12.7. The Hall–Kier alpha value is -2.49. The molecule has 26 heavy (non-hydrogen) atoms.